The first-order chi connectivity index (χ1) is 11.9. The van der Waals surface area contributed by atoms with E-state index in [1.165, 1.54) is 12.1 Å². The fourth-order valence-electron chi connectivity index (χ4n) is 2.18. The zero-order valence-corrected chi connectivity index (χ0v) is 14.9. The maximum atomic E-state index is 12.4. The number of hydrogen-bond acceptors (Lipinski definition) is 4. The minimum absolute atomic E-state index is 0.00537. The number of nitrogens with two attached hydrogens (primary N) is 1. The van der Waals surface area contributed by atoms with Crippen molar-refractivity contribution in [1.82, 2.24) is 10.0 Å². The van der Waals surface area contributed by atoms with Gasteiger partial charge >= 0.3 is 0 Å². The summed E-state index contributed by atoms with van der Waals surface area (Å²) in [5.41, 5.74) is 6.80. The van der Waals surface area contributed by atoms with E-state index in [2.05, 4.69) is 10.0 Å². The van der Waals surface area contributed by atoms with Gasteiger partial charge in [-0.25, -0.2) is 13.1 Å². The molecular weight excluding hydrogens is 338 g/mol. The van der Waals surface area contributed by atoms with Gasteiger partial charge in [0.1, 0.15) is 0 Å². The molecule has 0 saturated carbocycles. The molecule has 0 heterocycles. The van der Waals surface area contributed by atoms with E-state index in [9.17, 15) is 13.2 Å². The number of sulfonamides is 1. The van der Waals surface area contributed by atoms with Gasteiger partial charge in [-0.2, -0.15) is 0 Å². The predicted octanol–water partition coefficient (Wildman–Crippen LogP) is 1.63. The molecule has 1 amide bonds. The van der Waals surface area contributed by atoms with E-state index < -0.39 is 10.0 Å². The zero-order valence-electron chi connectivity index (χ0n) is 14.1. The van der Waals surface area contributed by atoms with Crippen LogP contribution in [0.25, 0.3) is 0 Å². The summed E-state index contributed by atoms with van der Waals surface area (Å²) in [5.74, 6) is -0.319. The molecule has 4 N–H and O–H groups in total. The van der Waals surface area contributed by atoms with Crippen LogP contribution >= 0.6 is 0 Å². The van der Waals surface area contributed by atoms with Crippen LogP contribution in [-0.2, 0) is 16.6 Å². The van der Waals surface area contributed by atoms with Gasteiger partial charge in [-0.05, 0) is 37.1 Å². The predicted molar refractivity (Wildman–Crippen MR) is 97.5 cm³/mol. The van der Waals surface area contributed by atoms with E-state index in [0.717, 1.165) is 5.56 Å². The summed E-state index contributed by atoms with van der Waals surface area (Å²) >= 11 is 0. The van der Waals surface area contributed by atoms with Gasteiger partial charge in [-0.1, -0.05) is 36.4 Å². The lowest BCUT2D eigenvalue weighted by molar-refractivity contribution is 0.0952. The molecule has 2 rings (SSSR count). The average Bonchev–Trinajstić information content (AvgIpc) is 2.61. The number of carbonyl (C=O) groups excluding carboxylic acids is 1. The molecule has 2 aromatic rings. The van der Waals surface area contributed by atoms with Gasteiger partial charge in [0.2, 0.25) is 10.0 Å². The summed E-state index contributed by atoms with van der Waals surface area (Å²) < 4.78 is 27.4. The maximum Gasteiger partial charge on any atom is 0.251 e. The van der Waals surface area contributed by atoms with Crippen LogP contribution in [-0.4, -0.2) is 26.9 Å². The highest BCUT2D eigenvalue weighted by atomic mass is 32.2. The van der Waals surface area contributed by atoms with E-state index in [0.29, 0.717) is 18.5 Å². The largest absolute Gasteiger partial charge is 0.352 e. The summed E-state index contributed by atoms with van der Waals surface area (Å²) in [6.45, 7) is 2.49. The minimum Gasteiger partial charge on any atom is -0.352 e. The lowest BCUT2D eigenvalue weighted by Gasteiger charge is -2.10. The minimum atomic E-state index is -3.70. The van der Waals surface area contributed by atoms with Crippen LogP contribution in [0.1, 0.15) is 29.3 Å². The van der Waals surface area contributed by atoms with Crippen molar-refractivity contribution in [1.29, 1.82) is 0 Å². The lowest BCUT2D eigenvalue weighted by atomic mass is 10.2. The molecule has 134 valence electrons. The molecule has 0 fully saturated rings. The summed E-state index contributed by atoms with van der Waals surface area (Å²) in [6, 6.07) is 15.2. The first-order valence-corrected chi connectivity index (χ1v) is 9.54. The van der Waals surface area contributed by atoms with E-state index in [4.69, 9.17) is 5.73 Å². The van der Waals surface area contributed by atoms with Gasteiger partial charge < -0.3 is 11.1 Å². The van der Waals surface area contributed by atoms with Gasteiger partial charge in [0, 0.05) is 24.7 Å². The highest BCUT2D eigenvalue weighted by molar-refractivity contribution is 7.89. The Morgan fingerprint density at radius 1 is 1.12 bits per heavy atom. The fraction of sp³-hybridized carbons (Fsp3) is 0.278. The topological polar surface area (TPSA) is 101 Å². The van der Waals surface area contributed by atoms with Gasteiger partial charge in [0.15, 0.2) is 0 Å². The van der Waals surface area contributed by atoms with E-state index >= 15 is 0 Å². The number of hydrogen-bond donors (Lipinski definition) is 3. The highest BCUT2D eigenvalue weighted by Gasteiger charge is 2.16. The molecule has 0 aromatic heterocycles. The SMILES string of the molecule is CC(N)CCNC(=O)c1cccc(S(=O)(=O)NCc2ccccc2)c1. The molecule has 0 spiro atoms. The van der Waals surface area contributed by atoms with Crippen molar-refractivity contribution in [2.24, 2.45) is 5.73 Å². The fourth-order valence-corrected chi connectivity index (χ4v) is 3.24. The maximum absolute atomic E-state index is 12.4. The highest BCUT2D eigenvalue weighted by Crippen LogP contribution is 2.12. The number of nitrogens with one attached hydrogen (secondary N) is 2. The van der Waals surface area contributed by atoms with Gasteiger partial charge in [-0.15, -0.1) is 0 Å². The summed E-state index contributed by atoms with van der Waals surface area (Å²) in [7, 11) is -3.70. The quantitative estimate of drug-likeness (QED) is 0.665. The Morgan fingerprint density at radius 2 is 1.84 bits per heavy atom. The Labute approximate surface area is 148 Å². The Bertz CT molecular complexity index is 805. The van der Waals surface area contributed by atoms with Crippen molar-refractivity contribution in [2.75, 3.05) is 6.54 Å². The van der Waals surface area contributed by atoms with Crippen LogP contribution in [0.15, 0.2) is 59.5 Å². The Balaban J connectivity index is 2.04. The van der Waals surface area contributed by atoms with Crippen molar-refractivity contribution in [3.05, 3.63) is 65.7 Å². The second-order valence-electron chi connectivity index (χ2n) is 5.86. The summed E-state index contributed by atoms with van der Waals surface area (Å²) in [6.07, 6.45) is 0.655. The number of benzene rings is 2. The molecule has 0 bridgehead atoms. The van der Waals surface area contributed by atoms with Crippen molar-refractivity contribution >= 4 is 15.9 Å². The Hall–Kier alpha value is -2.22. The standard InChI is InChI=1S/C18H23N3O3S/c1-14(19)10-11-20-18(22)16-8-5-9-17(12-16)25(23,24)21-13-15-6-3-2-4-7-15/h2-9,12,14,21H,10-11,13,19H2,1H3,(H,20,22). The number of rotatable bonds is 8. The third kappa shape index (κ3) is 5.97. The molecular formula is C18H23N3O3S. The summed E-state index contributed by atoms with van der Waals surface area (Å²) in [5, 5.41) is 2.73. The van der Waals surface area contributed by atoms with Crippen molar-refractivity contribution < 1.29 is 13.2 Å². The molecule has 2 aromatic carbocycles. The van der Waals surface area contributed by atoms with E-state index in [-0.39, 0.29) is 23.4 Å². The lowest BCUT2D eigenvalue weighted by Crippen LogP contribution is -2.29. The molecule has 6 nitrogen and oxygen atoms in total. The van der Waals surface area contributed by atoms with Crippen molar-refractivity contribution in [2.45, 2.75) is 30.8 Å². The molecule has 0 radical (unpaired) electrons. The zero-order chi connectivity index (χ0) is 18.3. The van der Waals surface area contributed by atoms with Crippen LogP contribution in [0.2, 0.25) is 0 Å². The Kier molecular flexibility index (Phi) is 6.69. The first-order valence-electron chi connectivity index (χ1n) is 8.06. The molecule has 7 heteroatoms. The molecule has 1 atom stereocenters. The van der Waals surface area contributed by atoms with Crippen LogP contribution in [0, 0.1) is 0 Å². The number of carbonyl (C=O) groups is 1. The smallest absolute Gasteiger partial charge is 0.251 e. The Morgan fingerprint density at radius 3 is 2.52 bits per heavy atom. The van der Waals surface area contributed by atoms with Crippen LogP contribution in [0.4, 0.5) is 0 Å². The first kappa shape index (κ1) is 19.1. The molecule has 0 saturated heterocycles. The van der Waals surface area contributed by atoms with Crippen molar-refractivity contribution in [3.8, 4) is 0 Å². The monoisotopic (exact) mass is 361 g/mol. The second-order valence-corrected chi connectivity index (χ2v) is 7.63. The van der Waals surface area contributed by atoms with Gasteiger partial charge in [0.05, 0.1) is 4.90 Å². The molecule has 0 aliphatic heterocycles. The summed E-state index contributed by atoms with van der Waals surface area (Å²) in [4.78, 5) is 12.2. The van der Waals surface area contributed by atoms with E-state index in [1.807, 2.05) is 37.3 Å². The number of amides is 1. The molecule has 0 aliphatic carbocycles. The van der Waals surface area contributed by atoms with Gasteiger partial charge in [-0.3, -0.25) is 4.79 Å². The van der Waals surface area contributed by atoms with Crippen LogP contribution in [0.5, 0.6) is 0 Å². The third-order valence-corrected chi connectivity index (χ3v) is 5.00. The van der Waals surface area contributed by atoms with Crippen molar-refractivity contribution in [3.63, 3.8) is 0 Å². The molecule has 0 aliphatic rings. The van der Waals surface area contributed by atoms with Gasteiger partial charge in [0.25, 0.3) is 5.91 Å². The molecule has 1 unspecified atom stereocenters. The second kappa shape index (κ2) is 8.75. The normalized spacial score (nSPS) is 12.6. The van der Waals surface area contributed by atoms with E-state index in [1.54, 1.807) is 12.1 Å². The molecule has 25 heavy (non-hydrogen) atoms. The third-order valence-electron chi connectivity index (χ3n) is 3.60. The van der Waals surface area contributed by atoms with Crippen LogP contribution < -0.4 is 15.8 Å². The van der Waals surface area contributed by atoms with Crippen LogP contribution in [0.3, 0.4) is 0 Å². The average molecular weight is 361 g/mol.